The van der Waals surface area contributed by atoms with Crippen LogP contribution >= 0.6 is 0 Å². The summed E-state index contributed by atoms with van der Waals surface area (Å²) in [6.45, 7) is 2.60. The Morgan fingerprint density at radius 3 is 2.75 bits per heavy atom. The molecular weight excluding hydrogens is 150 g/mol. The van der Waals surface area contributed by atoms with Gasteiger partial charge in [0.2, 0.25) is 0 Å². The quantitative estimate of drug-likeness (QED) is 0.499. The first kappa shape index (κ1) is 8.59. The lowest BCUT2D eigenvalue weighted by Gasteiger charge is -1.98. The molecule has 0 unspecified atom stereocenters. The molecule has 0 saturated carbocycles. The zero-order valence-electron chi connectivity index (χ0n) is 7.12. The van der Waals surface area contributed by atoms with Crippen molar-refractivity contribution in [3.05, 3.63) is 35.4 Å². The van der Waals surface area contributed by atoms with Crippen LogP contribution < -0.4 is 11.5 Å². The second-order valence-electron chi connectivity index (χ2n) is 2.73. The maximum Gasteiger partial charge on any atom is 0.186 e. The lowest BCUT2D eigenvalue weighted by molar-refractivity contribution is 1.05. The van der Waals surface area contributed by atoms with Crippen molar-refractivity contribution in [3.63, 3.8) is 0 Å². The van der Waals surface area contributed by atoms with Crippen molar-refractivity contribution in [2.45, 2.75) is 13.5 Å². The maximum atomic E-state index is 5.21. The topological polar surface area (TPSA) is 64.4 Å². The molecule has 0 heterocycles. The van der Waals surface area contributed by atoms with Crippen LogP contribution in [0.15, 0.2) is 29.3 Å². The number of benzene rings is 1. The van der Waals surface area contributed by atoms with Crippen LogP contribution in [0.25, 0.3) is 0 Å². The molecule has 0 fully saturated rings. The minimum absolute atomic E-state index is 0.136. The average Bonchev–Trinajstić information content (AvgIpc) is 2.01. The van der Waals surface area contributed by atoms with Crippen LogP contribution in [0.3, 0.4) is 0 Å². The fourth-order valence-electron chi connectivity index (χ4n) is 0.993. The molecule has 1 aromatic rings. The Labute approximate surface area is 72.1 Å². The van der Waals surface area contributed by atoms with Crippen molar-refractivity contribution in [1.29, 1.82) is 0 Å². The number of nitrogens with two attached hydrogens (primary N) is 2. The highest BCUT2D eigenvalue weighted by Gasteiger charge is 1.90. The number of guanidine groups is 1. The molecule has 1 aromatic carbocycles. The zero-order valence-corrected chi connectivity index (χ0v) is 7.12. The number of aliphatic imine (C=N–C) groups is 1. The van der Waals surface area contributed by atoms with Gasteiger partial charge in [-0.05, 0) is 12.5 Å². The van der Waals surface area contributed by atoms with Gasteiger partial charge in [-0.1, -0.05) is 29.8 Å². The Hall–Kier alpha value is -1.51. The maximum absolute atomic E-state index is 5.21. The van der Waals surface area contributed by atoms with Gasteiger partial charge in [0.15, 0.2) is 5.96 Å². The van der Waals surface area contributed by atoms with Gasteiger partial charge in [0.1, 0.15) is 0 Å². The molecule has 0 aliphatic carbocycles. The third kappa shape index (κ3) is 2.62. The highest BCUT2D eigenvalue weighted by atomic mass is 15.0. The Balaban J connectivity index is 2.70. The van der Waals surface area contributed by atoms with Gasteiger partial charge in [-0.25, -0.2) is 4.99 Å². The van der Waals surface area contributed by atoms with Gasteiger partial charge >= 0.3 is 0 Å². The van der Waals surface area contributed by atoms with Crippen molar-refractivity contribution >= 4 is 5.96 Å². The van der Waals surface area contributed by atoms with Crippen LogP contribution in [0.5, 0.6) is 0 Å². The molecule has 4 N–H and O–H groups in total. The fraction of sp³-hybridized carbons (Fsp3) is 0.222. The van der Waals surface area contributed by atoms with Crippen molar-refractivity contribution in [2.24, 2.45) is 16.5 Å². The molecular formula is C9H13N3. The van der Waals surface area contributed by atoms with Crippen LogP contribution in [-0.4, -0.2) is 5.96 Å². The molecule has 0 aliphatic rings. The van der Waals surface area contributed by atoms with Crippen molar-refractivity contribution in [2.75, 3.05) is 0 Å². The van der Waals surface area contributed by atoms with Gasteiger partial charge in [-0.3, -0.25) is 0 Å². The van der Waals surface area contributed by atoms with E-state index in [0.29, 0.717) is 6.54 Å². The van der Waals surface area contributed by atoms with Crippen molar-refractivity contribution < 1.29 is 0 Å². The molecule has 0 aromatic heterocycles. The minimum atomic E-state index is 0.136. The van der Waals surface area contributed by atoms with Crippen molar-refractivity contribution in [3.8, 4) is 0 Å². The van der Waals surface area contributed by atoms with Gasteiger partial charge in [0, 0.05) is 0 Å². The SMILES string of the molecule is Cc1cccc(CN=C(N)N)c1. The lowest BCUT2D eigenvalue weighted by Crippen LogP contribution is -2.22. The third-order valence-corrected chi connectivity index (χ3v) is 1.53. The van der Waals surface area contributed by atoms with E-state index in [-0.39, 0.29) is 5.96 Å². The summed E-state index contributed by atoms with van der Waals surface area (Å²) < 4.78 is 0. The van der Waals surface area contributed by atoms with Crippen LogP contribution in [0.2, 0.25) is 0 Å². The lowest BCUT2D eigenvalue weighted by atomic mass is 10.1. The van der Waals surface area contributed by atoms with Crippen LogP contribution in [0.1, 0.15) is 11.1 Å². The summed E-state index contributed by atoms with van der Waals surface area (Å²) >= 11 is 0. The second-order valence-corrected chi connectivity index (χ2v) is 2.73. The van der Waals surface area contributed by atoms with Gasteiger partial charge in [0.25, 0.3) is 0 Å². The van der Waals surface area contributed by atoms with Gasteiger partial charge < -0.3 is 11.5 Å². The van der Waals surface area contributed by atoms with Crippen LogP contribution in [0, 0.1) is 6.92 Å². The highest BCUT2D eigenvalue weighted by molar-refractivity contribution is 5.75. The van der Waals surface area contributed by atoms with E-state index < -0.39 is 0 Å². The van der Waals surface area contributed by atoms with Crippen molar-refractivity contribution in [1.82, 2.24) is 0 Å². The summed E-state index contributed by atoms with van der Waals surface area (Å²) in [5, 5.41) is 0. The third-order valence-electron chi connectivity index (χ3n) is 1.53. The Morgan fingerprint density at radius 1 is 1.42 bits per heavy atom. The number of nitrogens with zero attached hydrogens (tertiary/aromatic N) is 1. The van der Waals surface area contributed by atoms with E-state index in [0.717, 1.165) is 5.56 Å². The minimum Gasteiger partial charge on any atom is -0.370 e. The number of aryl methyl sites for hydroxylation is 1. The highest BCUT2D eigenvalue weighted by Crippen LogP contribution is 2.04. The molecule has 0 aliphatic heterocycles. The first-order valence-electron chi connectivity index (χ1n) is 3.79. The summed E-state index contributed by atoms with van der Waals surface area (Å²) in [5.74, 6) is 0.136. The van der Waals surface area contributed by atoms with E-state index in [4.69, 9.17) is 11.5 Å². The smallest absolute Gasteiger partial charge is 0.186 e. The molecule has 3 nitrogen and oxygen atoms in total. The number of rotatable bonds is 2. The standard InChI is InChI=1S/C9H13N3/c1-7-3-2-4-8(5-7)6-12-9(10)11/h2-5H,6H2,1H3,(H4,10,11,12). The summed E-state index contributed by atoms with van der Waals surface area (Å²) in [6, 6.07) is 8.10. The summed E-state index contributed by atoms with van der Waals surface area (Å²) in [4.78, 5) is 3.91. The fourth-order valence-corrected chi connectivity index (χ4v) is 0.993. The van der Waals surface area contributed by atoms with E-state index in [1.165, 1.54) is 5.56 Å². The number of hydrogen-bond acceptors (Lipinski definition) is 1. The number of hydrogen-bond donors (Lipinski definition) is 2. The molecule has 0 amide bonds. The van der Waals surface area contributed by atoms with Gasteiger partial charge in [-0.2, -0.15) is 0 Å². The summed E-state index contributed by atoms with van der Waals surface area (Å²) in [6.07, 6.45) is 0. The van der Waals surface area contributed by atoms with E-state index in [1.54, 1.807) is 0 Å². The van der Waals surface area contributed by atoms with E-state index in [1.807, 2.05) is 25.1 Å². The largest absolute Gasteiger partial charge is 0.370 e. The summed E-state index contributed by atoms with van der Waals surface area (Å²) in [7, 11) is 0. The molecule has 1 rings (SSSR count). The average molecular weight is 163 g/mol. The van der Waals surface area contributed by atoms with E-state index in [2.05, 4.69) is 11.1 Å². The molecule has 0 radical (unpaired) electrons. The first-order chi connectivity index (χ1) is 5.68. The van der Waals surface area contributed by atoms with E-state index >= 15 is 0 Å². The molecule has 12 heavy (non-hydrogen) atoms. The Bertz CT molecular complexity index is 288. The molecule has 64 valence electrons. The van der Waals surface area contributed by atoms with E-state index in [9.17, 15) is 0 Å². The molecule has 0 saturated heterocycles. The normalized spacial score (nSPS) is 9.42. The van der Waals surface area contributed by atoms with Gasteiger partial charge in [-0.15, -0.1) is 0 Å². The molecule has 0 atom stereocenters. The molecule has 0 spiro atoms. The zero-order chi connectivity index (χ0) is 8.97. The Morgan fingerprint density at radius 2 is 2.17 bits per heavy atom. The van der Waals surface area contributed by atoms with Crippen LogP contribution in [0.4, 0.5) is 0 Å². The molecule has 3 heteroatoms. The predicted molar refractivity (Wildman–Crippen MR) is 50.7 cm³/mol. The molecule has 0 bridgehead atoms. The first-order valence-corrected chi connectivity index (χ1v) is 3.79. The monoisotopic (exact) mass is 163 g/mol. The second kappa shape index (κ2) is 3.76. The van der Waals surface area contributed by atoms with Crippen LogP contribution in [-0.2, 0) is 6.54 Å². The predicted octanol–water partition coefficient (Wildman–Crippen LogP) is 0.768. The summed E-state index contributed by atoms with van der Waals surface area (Å²) in [5.41, 5.74) is 12.8. The Kier molecular flexibility index (Phi) is 2.69. The van der Waals surface area contributed by atoms with Gasteiger partial charge in [0.05, 0.1) is 6.54 Å².